The number of aromatic amines is 1. The Morgan fingerprint density at radius 2 is 1.71 bits per heavy atom. The molecule has 1 amide bonds. The molecule has 4 N–H and O–H groups in total. The molecule has 2 aliphatic carbocycles. The van der Waals surface area contributed by atoms with Crippen LogP contribution in [0.25, 0.3) is 11.0 Å². The largest absolute Gasteiger partial charge is 0.494 e. The summed E-state index contributed by atoms with van der Waals surface area (Å²) in [6, 6.07) is 21.7. The molecule has 2 saturated carbocycles. The minimum atomic E-state index is -4.72. The van der Waals surface area contributed by atoms with E-state index in [2.05, 4.69) is 77.8 Å². The second-order valence-corrected chi connectivity index (χ2v) is 23.5. The van der Waals surface area contributed by atoms with Crippen LogP contribution in [0.5, 0.6) is 17.2 Å². The van der Waals surface area contributed by atoms with Crippen molar-refractivity contribution in [2.75, 3.05) is 56.6 Å². The van der Waals surface area contributed by atoms with Gasteiger partial charge in [0, 0.05) is 81.9 Å². The van der Waals surface area contributed by atoms with Gasteiger partial charge in [-0.15, -0.1) is 0 Å². The Balaban J connectivity index is 0.838. The summed E-state index contributed by atoms with van der Waals surface area (Å²) < 4.78 is 70.6. The zero-order valence-corrected chi connectivity index (χ0v) is 44.0. The van der Waals surface area contributed by atoms with Gasteiger partial charge in [0.25, 0.3) is 15.9 Å². The summed E-state index contributed by atoms with van der Waals surface area (Å²) in [4.78, 5) is 43.4. The van der Waals surface area contributed by atoms with Crippen LogP contribution in [0, 0.1) is 33.1 Å². The molecule has 1 atom stereocenters. The number of nitro groups is 1. The number of piperidine rings is 1. The topological polar surface area (TPSA) is 208 Å². The zero-order chi connectivity index (χ0) is 53.5. The minimum absolute atomic E-state index is 0.0110. The van der Waals surface area contributed by atoms with Gasteiger partial charge in [-0.2, -0.15) is 0 Å². The molecule has 5 heterocycles. The van der Waals surface area contributed by atoms with E-state index < -0.39 is 42.9 Å². The van der Waals surface area contributed by atoms with Crippen LogP contribution in [-0.2, 0) is 16.6 Å². The van der Waals surface area contributed by atoms with Crippen molar-refractivity contribution in [3.05, 3.63) is 135 Å². The SMILES string of the molecule is COc1ccc(CN2CCN(C3CC4(CCN(c5ccc(C(=O)NS(=O)(=O)c6cnc(NCC7CCC(C)(O)CC7)c([N+](=O)[O-])c6)c(Oc6cnc7[nH]cc(F)c7c6)c5)CC4)C3)[C@H](c3ccccc3C(C)C)C2)cc1F. The minimum Gasteiger partial charge on any atom is -0.494 e. The Hall–Kier alpha value is -6.74. The fourth-order valence-electron chi connectivity index (χ4n) is 11.9. The van der Waals surface area contributed by atoms with Crippen molar-refractivity contribution in [2.45, 2.75) is 107 Å². The summed E-state index contributed by atoms with van der Waals surface area (Å²) in [6.45, 7) is 11.3. The van der Waals surface area contributed by atoms with Crippen molar-refractivity contribution >= 4 is 44.2 Å². The molecule has 3 aromatic heterocycles. The molecule has 76 heavy (non-hydrogen) atoms. The number of methoxy groups -OCH3 is 1. The van der Waals surface area contributed by atoms with E-state index in [4.69, 9.17) is 9.47 Å². The number of aliphatic hydroxyl groups is 1. The number of aromatic nitrogens is 3. The number of carbonyl (C=O) groups is 1. The molecule has 2 saturated heterocycles. The monoisotopic (exact) mass is 1060 g/mol. The fraction of sp³-hybridized carbons (Fsp3) is 0.446. The van der Waals surface area contributed by atoms with Crippen LogP contribution in [0.1, 0.15) is 111 Å². The zero-order valence-electron chi connectivity index (χ0n) is 43.2. The van der Waals surface area contributed by atoms with Gasteiger partial charge in [0.05, 0.1) is 41.0 Å². The van der Waals surface area contributed by atoms with Gasteiger partial charge in [0.2, 0.25) is 5.82 Å². The quantitative estimate of drug-likeness (QED) is 0.0526. The number of piperazine rings is 1. The summed E-state index contributed by atoms with van der Waals surface area (Å²) in [5.74, 6) is -1.29. The van der Waals surface area contributed by atoms with E-state index in [1.807, 2.05) is 6.07 Å². The first-order valence-corrected chi connectivity index (χ1v) is 27.6. The van der Waals surface area contributed by atoms with Crippen molar-refractivity contribution < 1.29 is 41.5 Å². The van der Waals surface area contributed by atoms with Gasteiger partial charge in [-0.05, 0) is 123 Å². The Morgan fingerprint density at radius 1 is 0.947 bits per heavy atom. The van der Waals surface area contributed by atoms with E-state index in [0.29, 0.717) is 50.7 Å². The predicted molar refractivity (Wildman–Crippen MR) is 284 cm³/mol. The van der Waals surface area contributed by atoms with E-state index in [1.165, 1.54) is 42.8 Å². The lowest BCUT2D eigenvalue weighted by atomic mass is 9.59. The molecule has 4 fully saturated rings. The number of sulfonamides is 1. The molecule has 3 aromatic carbocycles. The third kappa shape index (κ3) is 11.2. The Bertz CT molecular complexity index is 3240. The van der Waals surface area contributed by atoms with E-state index in [9.17, 15) is 37.2 Å². The van der Waals surface area contributed by atoms with Crippen LogP contribution in [0.15, 0.2) is 96.3 Å². The first-order chi connectivity index (χ1) is 36.4. The molecule has 402 valence electrons. The number of nitrogens with zero attached hydrogens (tertiary/aromatic N) is 6. The van der Waals surface area contributed by atoms with Crippen molar-refractivity contribution in [2.24, 2.45) is 11.3 Å². The highest BCUT2D eigenvalue weighted by atomic mass is 32.2. The summed E-state index contributed by atoms with van der Waals surface area (Å²) in [5, 5.41) is 25.7. The van der Waals surface area contributed by atoms with Gasteiger partial charge >= 0.3 is 5.69 Å². The maximum atomic E-state index is 14.8. The molecule has 0 unspecified atom stereocenters. The lowest BCUT2D eigenvalue weighted by molar-refractivity contribution is -0.384. The van der Waals surface area contributed by atoms with Gasteiger partial charge in [-0.3, -0.25) is 24.7 Å². The normalized spacial score (nSPS) is 21.4. The van der Waals surface area contributed by atoms with Crippen LogP contribution in [0.3, 0.4) is 0 Å². The molecule has 4 aliphatic rings. The van der Waals surface area contributed by atoms with Gasteiger partial charge < -0.3 is 29.8 Å². The molecular weight excluding hydrogens is 997 g/mol. The summed E-state index contributed by atoms with van der Waals surface area (Å²) in [7, 11) is -3.25. The number of ether oxygens (including phenoxy) is 2. The number of rotatable bonds is 16. The lowest BCUT2D eigenvalue weighted by Gasteiger charge is -2.58. The molecule has 1 spiro atoms. The predicted octanol–water partition coefficient (Wildman–Crippen LogP) is 9.85. The standard InChI is InChI=1S/C56H65F2N9O8S/c1-35(2)42-7-5-6-8-43(42)49-34-64(33-37-9-12-50(74-4)46(57)23-37)21-22-66(49)39-27-56(28-39)17-19-65(20-18-56)38-10-11-44(51(24-38)75-40-25-45-47(58)32-62-52(45)60-30-40)54(68)63-76(72,73)41-26-48(67(70)71)53(61-31-41)59-29-36-13-15-55(3,69)16-14-36/h5-12,23-26,30-32,35-36,39,49,69H,13-22,27-29,33-34H2,1-4H3,(H,59,61)(H,60,62)(H,63,68)/t36?,49-,55?/m0/s1. The number of hydrogen-bond donors (Lipinski definition) is 4. The van der Waals surface area contributed by atoms with Crippen LogP contribution in [0.2, 0.25) is 0 Å². The van der Waals surface area contributed by atoms with Crippen LogP contribution in [-0.4, -0.2) is 107 Å². The maximum absolute atomic E-state index is 14.8. The smallest absolute Gasteiger partial charge is 0.312 e. The molecular formula is C56H65F2N9O8S. The maximum Gasteiger partial charge on any atom is 0.312 e. The fourth-order valence-corrected chi connectivity index (χ4v) is 12.8. The third-order valence-electron chi connectivity index (χ3n) is 16.3. The van der Waals surface area contributed by atoms with E-state index in [1.54, 1.807) is 31.2 Å². The van der Waals surface area contributed by atoms with Gasteiger partial charge in [0.1, 0.15) is 27.9 Å². The van der Waals surface area contributed by atoms with Crippen LogP contribution < -0.4 is 24.4 Å². The molecule has 20 heteroatoms. The average molecular weight is 1060 g/mol. The highest BCUT2D eigenvalue weighted by molar-refractivity contribution is 7.90. The van der Waals surface area contributed by atoms with Crippen molar-refractivity contribution in [3.8, 4) is 17.2 Å². The van der Waals surface area contributed by atoms with Crippen molar-refractivity contribution in [1.29, 1.82) is 0 Å². The number of amides is 1. The highest BCUT2D eigenvalue weighted by Crippen LogP contribution is 2.53. The van der Waals surface area contributed by atoms with Gasteiger partial charge in [-0.25, -0.2) is 31.9 Å². The average Bonchev–Trinajstić information content (AvgIpc) is 3.77. The number of carbonyl (C=O) groups excluding carboxylic acids is 1. The van der Waals surface area contributed by atoms with Crippen molar-refractivity contribution in [3.63, 3.8) is 0 Å². The van der Waals surface area contributed by atoms with Crippen molar-refractivity contribution in [1.82, 2.24) is 29.5 Å². The number of halogens is 2. The first-order valence-electron chi connectivity index (χ1n) is 26.1. The Morgan fingerprint density at radius 3 is 2.43 bits per heavy atom. The molecule has 2 aliphatic heterocycles. The molecule has 6 aromatic rings. The Labute approximate surface area is 441 Å². The number of H-pyrrole nitrogens is 1. The lowest BCUT2D eigenvalue weighted by Crippen LogP contribution is -2.60. The second kappa shape index (κ2) is 21.4. The van der Waals surface area contributed by atoms with E-state index in [0.717, 1.165) is 81.9 Å². The third-order valence-corrected chi connectivity index (χ3v) is 17.6. The highest BCUT2D eigenvalue weighted by Gasteiger charge is 2.50. The Kier molecular flexibility index (Phi) is 14.8. The number of nitrogens with one attached hydrogen (secondary N) is 3. The van der Waals surface area contributed by atoms with Crippen LogP contribution in [0.4, 0.5) is 26.0 Å². The van der Waals surface area contributed by atoms with Gasteiger partial charge in [-0.1, -0.05) is 44.2 Å². The van der Waals surface area contributed by atoms with E-state index in [-0.39, 0.29) is 62.9 Å². The number of benzene rings is 3. The molecule has 0 radical (unpaired) electrons. The summed E-state index contributed by atoms with van der Waals surface area (Å²) >= 11 is 0. The number of fused-ring (bicyclic) bond motifs is 1. The number of hydrogen-bond acceptors (Lipinski definition) is 14. The molecule has 17 nitrogen and oxygen atoms in total. The molecule has 10 rings (SSSR count). The summed E-state index contributed by atoms with van der Waals surface area (Å²) in [6.07, 6.45) is 10.1. The number of anilines is 2. The first kappa shape index (κ1) is 52.7. The van der Waals surface area contributed by atoms with Crippen LogP contribution >= 0.6 is 0 Å². The van der Waals surface area contributed by atoms with Gasteiger partial charge in [0.15, 0.2) is 11.6 Å². The molecule has 0 bridgehead atoms. The van der Waals surface area contributed by atoms with E-state index >= 15 is 0 Å². The number of pyridine rings is 2. The second-order valence-electron chi connectivity index (χ2n) is 21.8. The summed E-state index contributed by atoms with van der Waals surface area (Å²) in [5.41, 5.74) is 3.27.